The number of nitrogens with zero attached hydrogens (tertiary/aromatic N) is 5. The second-order valence-electron chi connectivity index (χ2n) is 7.31. The molecule has 7 nitrogen and oxygen atoms in total. The van der Waals surface area contributed by atoms with Crippen LogP contribution >= 0.6 is 11.3 Å². The Balaban J connectivity index is 1.47. The Morgan fingerprint density at radius 3 is 2.83 bits per heavy atom. The minimum atomic E-state index is -0.153. The van der Waals surface area contributed by atoms with Gasteiger partial charge in [0.25, 0.3) is 11.9 Å². The first kappa shape index (κ1) is 18.6. The van der Waals surface area contributed by atoms with E-state index in [9.17, 15) is 4.79 Å². The van der Waals surface area contributed by atoms with Crippen molar-refractivity contribution in [2.45, 2.75) is 32.2 Å². The maximum atomic E-state index is 12.9. The molecule has 1 aliphatic rings. The van der Waals surface area contributed by atoms with Crippen molar-refractivity contribution in [3.8, 4) is 16.5 Å². The lowest BCUT2D eigenvalue weighted by molar-refractivity contribution is 0.0949. The molecule has 1 amide bonds. The van der Waals surface area contributed by atoms with E-state index in [4.69, 9.17) is 4.98 Å². The van der Waals surface area contributed by atoms with Gasteiger partial charge in [-0.1, -0.05) is 12.1 Å². The molecule has 0 saturated heterocycles. The van der Waals surface area contributed by atoms with E-state index in [2.05, 4.69) is 20.4 Å². The first-order valence-corrected chi connectivity index (χ1v) is 10.7. The zero-order chi connectivity index (χ0) is 20.5. The Morgan fingerprint density at radius 2 is 2.10 bits per heavy atom. The van der Waals surface area contributed by atoms with Gasteiger partial charge in [-0.25, -0.2) is 14.6 Å². The van der Waals surface area contributed by atoms with Crippen LogP contribution in [0, 0.1) is 6.92 Å². The highest BCUT2D eigenvalue weighted by atomic mass is 32.1. The van der Waals surface area contributed by atoms with Crippen molar-refractivity contribution in [2.75, 3.05) is 0 Å². The maximum absolute atomic E-state index is 12.9. The summed E-state index contributed by atoms with van der Waals surface area (Å²) >= 11 is 1.64. The minimum absolute atomic E-state index is 0.153. The standard InChI is InChI=1S/C22H20N6OS/c1-14-11-25-22(27-19(14)18-6-4-10-30-18)28-20(15-7-8-15)17(13-26-28)21(29)24-12-16-5-2-3-9-23-16/h2-6,9-11,13,15H,7-8,12H2,1H3,(H,24,29). The molecule has 0 radical (unpaired) electrons. The number of thiophene rings is 1. The normalized spacial score (nSPS) is 13.4. The molecule has 5 rings (SSSR count). The third-order valence-electron chi connectivity index (χ3n) is 5.07. The van der Waals surface area contributed by atoms with Crippen LogP contribution < -0.4 is 5.32 Å². The quantitative estimate of drug-likeness (QED) is 0.515. The zero-order valence-corrected chi connectivity index (χ0v) is 17.3. The highest BCUT2D eigenvalue weighted by Crippen LogP contribution is 2.42. The van der Waals surface area contributed by atoms with Crippen LogP contribution in [-0.4, -0.2) is 30.6 Å². The summed E-state index contributed by atoms with van der Waals surface area (Å²) in [6, 6.07) is 9.70. The SMILES string of the molecule is Cc1cnc(-n2ncc(C(=O)NCc3ccccn3)c2C2CC2)nc1-c1cccs1. The number of carbonyl (C=O) groups excluding carboxylic acids is 1. The zero-order valence-electron chi connectivity index (χ0n) is 16.4. The highest BCUT2D eigenvalue weighted by Gasteiger charge is 2.33. The third-order valence-corrected chi connectivity index (χ3v) is 5.95. The molecule has 4 aromatic heterocycles. The Hall–Kier alpha value is -3.39. The average Bonchev–Trinajstić information content (AvgIpc) is 3.28. The summed E-state index contributed by atoms with van der Waals surface area (Å²) in [5.41, 5.74) is 4.18. The van der Waals surface area contributed by atoms with Gasteiger partial charge in [-0.15, -0.1) is 11.3 Å². The molecule has 150 valence electrons. The molecular weight excluding hydrogens is 396 g/mol. The lowest BCUT2D eigenvalue weighted by Crippen LogP contribution is -2.24. The van der Waals surface area contributed by atoms with Crippen molar-refractivity contribution in [3.63, 3.8) is 0 Å². The van der Waals surface area contributed by atoms with Crippen molar-refractivity contribution in [2.24, 2.45) is 0 Å². The van der Waals surface area contributed by atoms with Crippen molar-refractivity contribution >= 4 is 17.2 Å². The molecule has 1 aliphatic carbocycles. The van der Waals surface area contributed by atoms with Gasteiger partial charge in [0.05, 0.1) is 40.3 Å². The van der Waals surface area contributed by atoms with Crippen LogP contribution in [0.4, 0.5) is 0 Å². The van der Waals surface area contributed by atoms with E-state index in [0.717, 1.165) is 40.4 Å². The van der Waals surface area contributed by atoms with Crippen LogP contribution in [0.2, 0.25) is 0 Å². The van der Waals surface area contributed by atoms with Gasteiger partial charge >= 0.3 is 0 Å². The number of aryl methyl sites for hydroxylation is 1. The number of hydrogen-bond acceptors (Lipinski definition) is 6. The molecule has 0 spiro atoms. The van der Waals surface area contributed by atoms with Crippen molar-refractivity contribution in [3.05, 3.63) is 76.8 Å². The molecule has 1 fully saturated rings. The van der Waals surface area contributed by atoms with Gasteiger partial charge in [0, 0.05) is 18.3 Å². The van der Waals surface area contributed by atoms with Gasteiger partial charge in [0.1, 0.15) is 0 Å². The van der Waals surface area contributed by atoms with Crippen LogP contribution in [-0.2, 0) is 6.54 Å². The van der Waals surface area contributed by atoms with Crippen LogP contribution in [0.1, 0.15) is 46.1 Å². The summed E-state index contributed by atoms with van der Waals surface area (Å²) in [6.45, 7) is 2.37. The molecule has 0 atom stereocenters. The minimum Gasteiger partial charge on any atom is -0.346 e. The molecule has 4 aromatic rings. The summed E-state index contributed by atoms with van der Waals surface area (Å²) in [4.78, 5) is 27.5. The van der Waals surface area contributed by atoms with E-state index >= 15 is 0 Å². The Labute approximate surface area is 177 Å². The number of hydrogen-bond donors (Lipinski definition) is 1. The number of aromatic nitrogens is 5. The van der Waals surface area contributed by atoms with Gasteiger partial charge in [0.2, 0.25) is 0 Å². The fraction of sp³-hybridized carbons (Fsp3) is 0.227. The molecule has 30 heavy (non-hydrogen) atoms. The van der Waals surface area contributed by atoms with Crippen LogP contribution in [0.5, 0.6) is 0 Å². The summed E-state index contributed by atoms with van der Waals surface area (Å²) < 4.78 is 1.73. The fourth-order valence-corrected chi connectivity index (χ4v) is 4.19. The van der Waals surface area contributed by atoms with Gasteiger partial charge in [0.15, 0.2) is 0 Å². The summed E-state index contributed by atoms with van der Waals surface area (Å²) in [5, 5.41) is 9.48. The van der Waals surface area contributed by atoms with Crippen LogP contribution in [0.15, 0.2) is 54.3 Å². The van der Waals surface area contributed by atoms with E-state index in [0.29, 0.717) is 24.0 Å². The first-order chi connectivity index (χ1) is 14.7. The molecule has 0 aliphatic heterocycles. The van der Waals surface area contributed by atoms with Gasteiger partial charge in [-0.3, -0.25) is 9.78 Å². The van der Waals surface area contributed by atoms with E-state index in [1.54, 1.807) is 28.4 Å². The predicted octanol–water partition coefficient (Wildman–Crippen LogP) is 3.90. The lowest BCUT2D eigenvalue weighted by atomic mass is 10.1. The van der Waals surface area contributed by atoms with Gasteiger partial charge < -0.3 is 5.32 Å². The number of carbonyl (C=O) groups is 1. The molecule has 4 heterocycles. The molecule has 0 aromatic carbocycles. The maximum Gasteiger partial charge on any atom is 0.255 e. The van der Waals surface area contributed by atoms with Crippen LogP contribution in [0.25, 0.3) is 16.5 Å². The molecule has 0 unspecified atom stereocenters. The molecule has 1 N–H and O–H groups in total. The Kier molecular flexibility index (Phi) is 4.84. The third kappa shape index (κ3) is 3.61. The highest BCUT2D eigenvalue weighted by molar-refractivity contribution is 7.13. The average molecular weight is 417 g/mol. The van der Waals surface area contributed by atoms with Gasteiger partial charge in [-0.05, 0) is 48.9 Å². The molecule has 8 heteroatoms. The van der Waals surface area contributed by atoms with Crippen molar-refractivity contribution < 1.29 is 4.79 Å². The monoisotopic (exact) mass is 416 g/mol. The van der Waals surface area contributed by atoms with E-state index < -0.39 is 0 Å². The lowest BCUT2D eigenvalue weighted by Gasteiger charge is -2.10. The second kappa shape index (κ2) is 7.79. The predicted molar refractivity (Wildman–Crippen MR) is 115 cm³/mol. The van der Waals surface area contributed by atoms with E-state index in [-0.39, 0.29) is 5.91 Å². The Morgan fingerprint density at radius 1 is 1.20 bits per heavy atom. The second-order valence-corrected chi connectivity index (χ2v) is 8.26. The number of nitrogens with one attached hydrogen (secondary N) is 1. The number of amides is 1. The van der Waals surface area contributed by atoms with Crippen molar-refractivity contribution in [1.82, 2.24) is 30.0 Å². The summed E-state index contributed by atoms with van der Waals surface area (Å²) in [6.07, 6.45) is 7.23. The largest absolute Gasteiger partial charge is 0.346 e. The molecule has 1 saturated carbocycles. The Bertz CT molecular complexity index is 1180. The van der Waals surface area contributed by atoms with Crippen LogP contribution in [0.3, 0.4) is 0 Å². The van der Waals surface area contributed by atoms with E-state index in [1.807, 2.05) is 48.8 Å². The topological polar surface area (TPSA) is 85.6 Å². The number of pyridine rings is 1. The molecule has 0 bridgehead atoms. The fourth-order valence-electron chi connectivity index (χ4n) is 3.41. The van der Waals surface area contributed by atoms with Gasteiger partial charge in [-0.2, -0.15) is 5.10 Å². The molecular formula is C22H20N6OS. The summed E-state index contributed by atoms with van der Waals surface area (Å²) in [5.74, 6) is 0.646. The smallest absolute Gasteiger partial charge is 0.255 e. The first-order valence-electron chi connectivity index (χ1n) is 9.84. The van der Waals surface area contributed by atoms with Crippen molar-refractivity contribution in [1.29, 1.82) is 0 Å². The van der Waals surface area contributed by atoms with E-state index in [1.165, 1.54) is 0 Å². The summed E-state index contributed by atoms with van der Waals surface area (Å²) in [7, 11) is 0. The number of rotatable bonds is 6.